The Kier molecular flexibility index (Phi) is 4.34. The summed E-state index contributed by atoms with van der Waals surface area (Å²) in [5.41, 5.74) is 3.56. The van der Waals surface area contributed by atoms with Gasteiger partial charge >= 0.3 is 0 Å². The first-order valence-corrected chi connectivity index (χ1v) is 8.57. The van der Waals surface area contributed by atoms with Gasteiger partial charge < -0.3 is 14.6 Å². The zero-order valence-corrected chi connectivity index (χ0v) is 15.0. The molecule has 4 heterocycles. The number of imidazole rings is 1. The number of nitrogens with zero attached hydrogens (tertiary/aromatic N) is 6. The fraction of sp³-hybridized carbons (Fsp3) is 0.389. The van der Waals surface area contributed by atoms with Crippen LogP contribution in [-0.4, -0.2) is 49.7 Å². The van der Waals surface area contributed by atoms with Crippen molar-refractivity contribution in [3.8, 4) is 11.4 Å². The van der Waals surface area contributed by atoms with Gasteiger partial charge in [-0.15, -0.1) is 0 Å². The van der Waals surface area contributed by atoms with Crippen LogP contribution >= 0.6 is 0 Å². The number of anilines is 1. The Morgan fingerprint density at radius 2 is 2.00 bits per heavy atom. The fourth-order valence-electron chi connectivity index (χ4n) is 3.24. The molecular formula is C18H21N7O. The van der Waals surface area contributed by atoms with Crippen molar-refractivity contribution >= 4 is 5.95 Å². The highest BCUT2D eigenvalue weighted by atomic mass is 16.5. The van der Waals surface area contributed by atoms with E-state index in [0.717, 1.165) is 35.0 Å². The minimum atomic E-state index is 0.0458. The van der Waals surface area contributed by atoms with E-state index in [9.17, 15) is 0 Å². The van der Waals surface area contributed by atoms with E-state index in [-0.39, 0.29) is 12.1 Å². The molecule has 0 saturated carbocycles. The summed E-state index contributed by atoms with van der Waals surface area (Å²) in [6, 6.07) is 1.89. The fourth-order valence-corrected chi connectivity index (χ4v) is 3.24. The van der Waals surface area contributed by atoms with Crippen LogP contribution < -0.4 is 4.90 Å². The molecule has 0 radical (unpaired) electrons. The van der Waals surface area contributed by atoms with Gasteiger partial charge in [-0.05, 0) is 19.9 Å². The van der Waals surface area contributed by atoms with E-state index in [1.165, 1.54) is 0 Å². The van der Waals surface area contributed by atoms with Crippen molar-refractivity contribution < 1.29 is 4.74 Å². The number of hydrogen-bond donors (Lipinski definition) is 1. The average Bonchev–Trinajstić information content (AvgIpc) is 3.26. The first-order chi connectivity index (χ1) is 12.7. The average molecular weight is 351 g/mol. The Balaban J connectivity index is 1.70. The van der Waals surface area contributed by atoms with Crippen molar-refractivity contribution in [2.75, 3.05) is 18.6 Å². The molecule has 0 spiro atoms. The summed E-state index contributed by atoms with van der Waals surface area (Å²) >= 11 is 0. The molecule has 3 aromatic rings. The van der Waals surface area contributed by atoms with Crippen LogP contribution in [-0.2, 0) is 4.74 Å². The zero-order chi connectivity index (χ0) is 18.1. The highest BCUT2D eigenvalue weighted by Gasteiger charge is 2.37. The van der Waals surface area contributed by atoms with E-state index in [4.69, 9.17) is 9.72 Å². The lowest BCUT2D eigenvalue weighted by Crippen LogP contribution is -2.27. The highest BCUT2D eigenvalue weighted by molar-refractivity contribution is 5.54. The van der Waals surface area contributed by atoms with Crippen LogP contribution in [0.2, 0.25) is 0 Å². The summed E-state index contributed by atoms with van der Waals surface area (Å²) in [6.45, 7) is 4.75. The largest absolute Gasteiger partial charge is 0.380 e. The lowest BCUT2D eigenvalue weighted by atomic mass is 10.2. The predicted molar refractivity (Wildman–Crippen MR) is 96.6 cm³/mol. The van der Waals surface area contributed by atoms with Crippen LogP contribution in [0.4, 0.5) is 5.95 Å². The Bertz CT molecular complexity index is 876. The Hall–Kier alpha value is -2.87. The molecule has 2 atom stereocenters. The van der Waals surface area contributed by atoms with Crippen LogP contribution in [0.3, 0.4) is 0 Å². The van der Waals surface area contributed by atoms with E-state index < -0.39 is 0 Å². The van der Waals surface area contributed by atoms with Gasteiger partial charge in [0.2, 0.25) is 5.95 Å². The van der Waals surface area contributed by atoms with E-state index >= 15 is 0 Å². The summed E-state index contributed by atoms with van der Waals surface area (Å²) in [5, 5.41) is 0. The maximum atomic E-state index is 5.61. The molecule has 8 nitrogen and oxygen atoms in total. The van der Waals surface area contributed by atoms with Gasteiger partial charge in [0.1, 0.15) is 11.5 Å². The first kappa shape index (κ1) is 16.6. The minimum absolute atomic E-state index is 0.0458. The van der Waals surface area contributed by atoms with Gasteiger partial charge in [-0.3, -0.25) is 9.97 Å². The monoisotopic (exact) mass is 351 g/mol. The quantitative estimate of drug-likeness (QED) is 0.770. The van der Waals surface area contributed by atoms with Crippen LogP contribution in [0, 0.1) is 13.8 Å². The number of methoxy groups -OCH3 is 1. The van der Waals surface area contributed by atoms with E-state index in [2.05, 4.69) is 29.8 Å². The molecule has 1 saturated heterocycles. The molecule has 0 bridgehead atoms. The Labute approximate surface area is 151 Å². The normalized spacial score (nSPS) is 19.9. The number of nitrogens with one attached hydrogen (secondary N) is 1. The van der Waals surface area contributed by atoms with Crippen LogP contribution in [0.1, 0.15) is 29.7 Å². The lowest BCUT2D eigenvalue weighted by molar-refractivity contribution is 0.118. The summed E-state index contributed by atoms with van der Waals surface area (Å²) in [5.74, 6) is 1.57. The van der Waals surface area contributed by atoms with E-state index in [1.807, 2.05) is 19.9 Å². The minimum Gasteiger partial charge on any atom is -0.380 e. The highest BCUT2D eigenvalue weighted by Crippen LogP contribution is 2.35. The summed E-state index contributed by atoms with van der Waals surface area (Å²) in [4.78, 5) is 27.9. The topological polar surface area (TPSA) is 92.7 Å². The smallest absolute Gasteiger partial charge is 0.226 e. The molecule has 1 aliphatic heterocycles. The van der Waals surface area contributed by atoms with Crippen LogP contribution in [0.5, 0.6) is 0 Å². The van der Waals surface area contributed by atoms with Crippen LogP contribution in [0.15, 0.2) is 30.9 Å². The first-order valence-electron chi connectivity index (χ1n) is 8.57. The second-order valence-corrected chi connectivity index (χ2v) is 6.43. The molecule has 8 heteroatoms. The number of aryl methyl sites for hydroxylation is 2. The van der Waals surface area contributed by atoms with E-state index in [0.29, 0.717) is 12.5 Å². The van der Waals surface area contributed by atoms with E-state index in [1.54, 1.807) is 31.9 Å². The summed E-state index contributed by atoms with van der Waals surface area (Å²) < 4.78 is 5.61. The number of H-pyrrole nitrogens is 1. The molecule has 4 rings (SSSR count). The predicted octanol–water partition coefficient (Wildman–Crippen LogP) is 2.24. The molecular weight excluding hydrogens is 330 g/mol. The molecule has 0 aromatic carbocycles. The molecule has 3 aromatic heterocycles. The summed E-state index contributed by atoms with van der Waals surface area (Å²) in [6.07, 6.45) is 7.70. The van der Waals surface area contributed by atoms with Gasteiger partial charge in [0.25, 0.3) is 0 Å². The van der Waals surface area contributed by atoms with Crippen molar-refractivity contribution in [1.29, 1.82) is 0 Å². The summed E-state index contributed by atoms with van der Waals surface area (Å²) in [7, 11) is 1.74. The molecule has 1 fully saturated rings. The van der Waals surface area contributed by atoms with Crippen LogP contribution in [0.25, 0.3) is 11.4 Å². The van der Waals surface area contributed by atoms with Crippen molar-refractivity contribution in [2.24, 2.45) is 0 Å². The van der Waals surface area contributed by atoms with Crippen molar-refractivity contribution in [3.63, 3.8) is 0 Å². The molecule has 1 N–H and O–H groups in total. The molecule has 0 amide bonds. The van der Waals surface area contributed by atoms with Crippen molar-refractivity contribution in [3.05, 3.63) is 48.1 Å². The number of aromatic nitrogens is 6. The second-order valence-electron chi connectivity index (χ2n) is 6.43. The maximum Gasteiger partial charge on any atom is 0.226 e. The van der Waals surface area contributed by atoms with Gasteiger partial charge in [0.05, 0.1) is 29.7 Å². The van der Waals surface area contributed by atoms with Gasteiger partial charge in [-0.2, -0.15) is 0 Å². The third-order valence-corrected chi connectivity index (χ3v) is 4.78. The third kappa shape index (κ3) is 3.03. The number of aromatic amines is 1. The number of ether oxygens (including phenoxy) is 1. The number of rotatable bonds is 4. The van der Waals surface area contributed by atoms with Gasteiger partial charge in [0, 0.05) is 44.4 Å². The number of hydrogen-bond acceptors (Lipinski definition) is 7. The molecule has 26 heavy (non-hydrogen) atoms. The second kappa shape index (κ2) is 6.80. The third-order valence-electron chi connectivity index (χ3n) is 4.78. The standard InChI is InChI=1S/C18H21N7O/c1-11-12(2)23-17(22-11)16-8-13(26-3)10-25(16)18-21-5-4-14(24-18)15-9-19-6-7-20-15/h4-7,9,13,16H,8,10H2,1-3H3,(H,22,23)/t13-,16+/m1/s1. The van der Waals surface area contributed by atoms with Crippen molar-refractivity contribution in [1.82, 2.24) is 29.9 Å². The molecule has 0 unspecified atom stereocenters. The maximum absolute atomic E-state index is 5.61. The van der Waals surface area contributed by atoms with Gasteiger partial charge in [-0.25, -0.2) is 15.0 Å². The van der Waals surface area contributed by atoms with Gasteiger partial charge in [0.15, 0.2) is 0 Å². The lowest BCUT2D eigenvalue weighted by Gasteiger charge is -2.23. The molecule has 0 aliphatic carbocycles. The van der Waals surface area contributed by atoms with Gasteiger partial charge in [-0.1, -0.05) is 0 Å². The molecule has 134 valence electrons. The zero-order valence-electron chi connectivity index (χ0n) is 15.0. The molecule has 1 aliphatic rings. The Morgan fingerprint density at radius 1 is 1.12 bits per heavy atom. The SMILES string of the molecule is CO[C@@H]1C[C@@H](c2nc(C)c(C)[nH]2)N(c2nccc(-c3cnccn3)n2)C1. The van der Waals surface area contributed by atoms with Crippen molar-refractivity contribution in [2.45, 2.75) is 32.4 Å². The Morgan fingerprint density at radius 3 is 2.69 bits per heavy atom.